The molecule has 0 saturated carbocycles. The average molecular weight is 319 g/mol. The summed E-state index contributed by atoms with van der Waals surface area (Å²) in [4.78, 5) is 1.07. The summed E-state index contributed by atoms with van der Waals surface area (Å²) in [6.45, 7) is 2.25. The second-order valence-corrected chi connectivity index (χ2v) is 5.91. The molecule has 1 aromatic carbocycles. The standard InChI is InChI=1S/C11H15BrN2O2S/c1-7(4-5-15)17-10-3-2-8(6-9(10)12)11(13)14-16/h2-3,6-7,15-16H,4-5H2,1H3,(H2,13,14). The molecular weight excluding hydrogens is 304 g/mol. The second kappa shape index (κ2) is 6.88. The third-order valence-corrected chi connectivity index (χ3v) is 4.37. The predicted octanol–water partition coefficient (Wildman–Crippen LogP) is 2.41. The Hall–Kier alpha value is -0.720. The van der Waals surface area contributed by atoms with Crippen LogP contribution in [-0.4, -0.2) is 28.0 Å². The molecular formula is C11H15BrN2O2S. The van der Waals surface area contributed by atoms with Gasteiger partial charge in [0.05, 0.1) is 0 Å². The normalized spacial score (nSPS) is 13.7. The van der Waals surface area contributed by atoms with Gasteiger partial charge in [-0.1, -0.05) is 12.1 Å². The Bertz CT molecular complexity index is 412. The van der Waals surface area contributed by atoms with Crippen molar-refractivity contribution in [1.82, 2.24) is 0 Å². The smallest absolute Gasteiger partial charge is 0.170 e. The fraction of sp³-hybridized carbons (Fsp3) is 0.364. The van der Waals surface area contributed by atoms with Crippen molar-refractivity contribution in [3.8, 4) is 0 Å². The highest BCUT2D eigenvalue weighted by molar-refractivity contribution is 9.10. The first kappa shape index (κ1) is 14.3. The first-order chi connectivity index (χ1) is 8.08. The Morgan fingerprint density at radius 1 is 1.59 bits per heavy atom. The Morgan fingerprint density at radius 2 is 2.29 bits per heavy atom. The van der Waals surface area contributed by atoms with Crippen LogP contribution < -0.4 is 5.73 Å². The van der Waals surface area contributed by atoms with Gasteiger partial charge in [0.15, 0.2) is 5.84 Å². The Labute approximate surface area is 113 Å². The quantitative estimate of drug-likeness (QED) is 0.256. The molecule has 1 aromatic rings. The van der Waals surface area contributed by atoms with E-state index < -0.39 is 0 Å². The molecule has 0 heterocycles. The van der Waals surface area contributed by atoms with E-state index >= 15 is 0 Å². The van der Waals surface area contributed by atoms with Crippen molar-refractivity contribution < 1.29 is 10.3 Å². The summed E-state index contributed by atoms with van der Waals surface area (Å²) in [5.41, 5.74) is 6.17. The molecule has 17 heavy (non-hydrogen) atoms. The molecule has 1 atom stereocenters. The maximum atomic E-state index is 8.85. The van der Waals surface area contributed by atoms with Crippen LogP contribution in [-0.2, 0) is 0 Å². The van der Waals surface area contributed by atoms with Crippen LogP contribution in [0.5, 0.6) is 0 Å². The van der Waals surface area contributed by atoms with Gasteiger partial charge in [-0.05, 0) is 40.5 Å². The summed E-state index contributed by atoms with van der Waals surface area (Å²) < 4.78 is 0.899. The van der Waals surface area contributed by atoms with E-state index in [-0.39, 0.29) is 12.4 Å². The summed E-state index contributed by atoms with van der Waals surface area (Å²) in [5.74, 6) is 0.0886. The molecule has 0 radical (unpaired) electrons. The van der Waals surface area contributed by atoms with E-state index in [9.17, 15) is 0 Å². The first-order valence-electron chi connectivity index (χ1n) is 5.13. The highest BCUT2D eigenvalue weighted by Crippen LogP contribution is 2.32. The number of nitrogens with zero attached hydrogens (tertiary/aromatic N) is 1. The van der Waals surface area contributed by atoms with Crippen molar-refractivity contribution in [2.75, 3.05) is 6.61 Å². The fourth-order valence-corrected chi connectivity index (χ4v) is 2.90. The van der Waals surface area contributed by atoms with Gasteiger partial charge in [-0.3, -0.25) is 0 Å². The van der Waals surface area contributed by atoms with Crippen LogP contribution in [0, 0.1) is 0 Å². The van der Waals surface area contributed by atoms with E-state index in [0.717, 1.165) is 15.8 Å². The lowest BCUT2D eigenvalue weighted by atomic mass is 10.2. The number of hydrogen-bond acceptors (Lipinski definition) is 4. The van der Waals surface area contributed by atoms with Crippen LogP contribution in [0.2, 0.25) is 0 Å². The van der Waals surface area contributed by atoms with E-state index in [2.05, 4.69) is 28.0 Å². The minimum Gasteiger partial charge on any atom is -0.409 e. The van der Waals surface area contributed by atoms with Crippen molar-refractivity contribution in [3.05, 3.63) is 28.2 Å². The Kier molecular flexibility index (Phi) is 5.80. The number of aliphatic hydroxyl groups excluding tert-OH is 1. The molecule has 94 valence electrons. The zero-order valence-corrected chi connectivity index (χ0v) is 11.8. The molecule has 0 saturated heterocycles. The van der Waals surface area contributed by atoms with E-state index in [0.29, 0.717) is 10.8 Å². The van der Waals surface area contributed by atoms with Crippen LogP contribution in [0.15, 0.2) is 32.7 Å². The van der Waals surface area contributed by atoms with Crippen molar-refractivity contribution >= 4 is 33.5 Å². The summed E-state index contributed by atoms with van der Waals surface area (Å²) >= 11 is 5.12. The van der Waals surface area contributed by atoms with Crippen LogP contribution in [0.3, 0.4) is 0 Å². The number of nitrogens with two attached hydrogens (primary N) is 1. The van der Waals surface area contributed by atoms with Crippen molar-refractivity contribution in [2.45, 2.75) is 23.5 Å². The predicted molar refractivity (Wildman–Crippen MR) is 73.7 cm³/mol. The number of oxime groups is 1. The van der Waals surface area contributed by atoms with Crippen LogP contribution in [0.1, 0.15) is 18.9 Å². The van der Waals surface area contributed by atoms with Crippen LogP contribution >= 0.6 is 27.7 Å². The van der Waals surface area contributed by atoms with E-state index in [4.69, 9.17) is 16.0 Å². The molecule has 0 aliphatic heterocycles. The molecule has 4 N–H and O–H groups in total. The number of thioether (sulfide) groups is 1. The Morgan fingerprint density at radius 3 is 2.82 bits per heavy atom. The first-order valence-corrected chi connectivity index (χ1v) is 6.80. The van der Waals surface area contributed by atoms with Crippen LogP contribution in [0.25, 0.3) is 0 Å². The summed E-state index contributed by atoms with van der Waals surface area (Å²) in [7, 11) is 0. The van der Waals surface area contributed by atoms with Gasteiger partial charge in [-0.2, -0.15) is 0 Å². The molecule has 0 aromatic heterocycles. The molecule has 0 bridgehead atoms. The highest BCUT2D eigenvalue weighted by atomic mass is 79.9. The van der Waals surface area contributed by atoms with Crippen molar-refractivity contribution in [3.63, 3.8) is 0 Å². The molecule has 0 amide bonds. The molecule has 4 nitrogen and oxygen atoms in total. The molecule has 1 rings (SSSR count). The molecule has 0 spiro atoms. The van der Waals surface area contributed by atoms with Crippen molar-refractivity contribution in [1.29, 1.82) is 0 Å². The lowest BCUT2D eigenvalue weighted by Gasteiger charge is -2.11. The summed E-state index contributed by atoms with van der Waals surface area (Å²) in [6.07, 6.45) is 0.749. The maximum absolute atomic E-state index is 8.85. The molecule has 0 fully saturated rings. The van der Waals surface area contributed by atoms with Gasteiger partial charge >= 0.3 is 0 Å². The molecule has 0 aliphatic carbocycles. The average Bonchev–Trinajstić information content (AvgIpc) is 2.31. The topological polar surface area (TPSA) is 78.8 Å². The summed E-state index contributed by atoms with van der Waals surface area (Å²) in [5, 5.41) is 20.7. The maximum Gasteiger partial charge on any atom is 0.170 e. The number of aliphatic hydroxyl groups is 1. The Balaban J connectivity index is 2.83. The van der Waals surface area contributed by atoms with Crippen LogP contribution in [0.4, 0.5) is 0 Å². The zero-order valence-electron chi connectivity index (χ0n) is 9.43. The van der Waals surface area contributed by atoms with Gasteiger partial charge in [0.25, 0.3) is 0 Å². The van der Waals surface area contributed by atoms with Gasteiger partial charge in [-0.25, -0.2) is 0 Å². The second-order valence-electron chi connectivity index (χ2n) is 3.57. The van der Waals surface area contributed by atoms with Gasteiger partial charge in [-0.15, -0.1) is 11.8 Å². The van der Waals surface area contributed by atoms with Gasteiger partial charge in [0, 0.05) is 26.8 Å². The van der Waals surface area contributed by atoms with E-state index in [1.54, 1.807) is 17.8 Å². The fourth-order valence-electron chi connectivity index (χ4n) is 1.27. The lowest BCUT2D eigenvalue weighted by molar-refractivity contribution is 0.289. The molecule has 6 heteroatoms. The zero-order chi connectivity index (χ0) is 12.8. The minimum absolute atomic E-state index is 0.0886. The molecule has 0 aliphatic rings. The van der Waals surface area contributed by atoms with Gasteiger partial charge < -0.3 is 16.0 Å². The van der Waals surface area contributed by atoms with Gasteiger partial charge in [0.1, 0.15) is 0 Å². The largest absolute Gasteiger partial charge is 0.409 e. The third-order valence-electron chi connectivity index (χ3n) is 2.20. The van der Waals surface area contributed by atoms with E-state index in [1.807, 2.05) is 12.1 Å². The minimum atomic E-state index is 0.0886. The lowest BCUT2D eigenvalue weighted by Crippen LogP contribution is -2.12. The number of benzene rings is 1. The highest BCUT2D eigenvalue weighted by Gasteiger charge is 2.09. The third kappa shape index (κ3) is 4.22. The van der Waals surface area contributed by atoms with E-state index in [1.165, 1.54) is 0 Å². The number of rotatable bonds is 5. The number of hydrogen-bond donors (Lipinski definition) is 3. The summed E-state index contributed by atoms with van der Waals surface area (Å²) in [6, 6.07) is 5.52. The number of amidine groups is 1. The van der Waals surface area contributed by atoms with Crippen molar-refractivity contribution in [2.24, 2.45) is 10.9 Å². The number of halogens is 1. The molecule has 1 unspecified atom stereocenters. The van der Waals surface area contributed by atoms with Gasteiger partial charge in [0.2, 0.25) is 0 Å². The monoisotopic (exact) mass is 318 g/mol. The SMILES string of the molecule is CC(CCO)Sc1ccc(/C(N)=N/O)cc1Br.